The number of nitrogens with zero attached hydrogens (tertiary/aromatic N) is 2. The Balaban J connectivity index is 1.29. The minimum absolute atomic E-state index is 0.205. The summed E-state index contributed by atoms with van der Waals surface area (Å²) in [5.41, 5.74) is 2.66. The van der Waals surface area contributed by atoms with Gasteiger partial charge in [0.15, 0.2) is 11.5 Å². The molecule has 7 heteroatoms. The van der Waals surface area contributed by atoms with Crippen LogP contribution in [0.5, 0.6) is 11.5 Å². The summed E-state index contributed by atoms with van der Waals surface area (Å²) in [5.74, 6) is 1.23. The van der Waals surface area contributed by atoms with Gasteiger partial charge in [-0.1, -0.05) is 37.3 Å². The molecule has 5 rings (SSSR count). The highest BCUT2D eigenvalue weighted by atomic mass is 32.1. The van der Waals surface area contributed by atoms with Crippen molar-refractivity contribution in [2.45, 2.75) is 26.0 Å². The fourth-order valence-electron chi connectivity index (χ4n) is 3.81. The molecule has 1 aliphatic heterocycles. The second-order valence-electron chi connectivity index (χ2n) is 7.49. The summed E-state index contributed by atoms with van der Waals surface area (Å²) in [4.78, 5) is 17.3. The van der Waals surface area contributed by atoms with Crippen LogP contribution in [0.15, 0.2) is 60.0 Å². The van der Waals surface area contributed by atoms with Gasteiger partial charge in [-0.25, -0.2) is 4.98 Å². The molecular weight excluding hydrogens is 410 g/mol. The molecule has 0 saturated heterocycles. The summed E-state index contributed by atoms with van der Waals surface area (Å²) in [6.45, 7) is 3.83. The van der Waals surface area contributed by atoms with Crippen LogP contribution in [0, 0.1) is 0 Å². The van der Waals surface area contributed by atoms with E-state index >= 15 is 0 Å². The van der Waals surface area contributed by atoms with E-state index in [9.17, 15) is 4.79 Å². The van der Waals surface area contributed by atoms with Gasteiger partial charge in [-0.3, -0.25) is 4.79 Å². The van der Waals surface area contributed by atoms with Crippen molar-refractivity contribution in [2.75, 3.05) is 13.2 Å². The van der Waals surface area contributed by atoms with E-state index < -0.39 is 0 Å². The maximum absolute atomic E-state index is 12.7. The average molecular weight is 434 g/mol. The Labute approximate surface area is 184 Å². The van der Waals surface area contributed by atoms with Gasteiger partial charge in [0.05, 0.1) is 12.2 Å². The monoisotopic (exact) mass is 433 g/mol. The third-order valence-electron chi connectivity index (χ3n) is 5.27. The number of aromatic nitrogens is 2. The topological polar surface area (TPSA) is 65.4 Å². The molecule has 0 fully saturated rings. The zero-order valence-electron chi connectivity index (χ0n) is 17.2. The van der Waals surface area contributed by atoms with Crippen molar-refractivity contribution in [1.29, 1.82) is 0 Å². The van der Waals surface area contributed by atoms with Crippen molar-refractivity contribution in [3.05, 3.63) is 65.7 Å². The lowest BCUT2D eigenvalue weighted by Gasteiger charge is -2.26. The molecule has 1 unspecified atom stereocenters. The van der Waals surface area contributed by atoms with Crippen LogP contribution in [-0.4, -0.2) is 34.7 Å². The summed E-state index contributed by atoms with van der Waals surface area (Å²) in [6, 6.07) is 18.0. The lowest BCUT2D eigenvalue weighted by molar-refractivity contribution is 0.0787. The molecule has 3 heterocycles. The van der Waals surface area contributed by atoms with Gasteiger partial charge in [0, 0.05) is 22.8 Å². The Hall–Kier alpha value is -3.32. The van der Waals surface area contributed by atoms with Crippen molar-refractivity contribution in [2.24, 2.45) is 0 Å². The van der Waals surface area contributed by atoms with Crippen LogP contribution in [-0.2, 0) is 6.54 Å². The number of aryl methyl sites for hydroxylation is 1. The van der Waals surface area contributed by atoms with E-state index in [4.69, 9.17) is 9.47 Å². The Morgan fingerprint density at radius 1 is 1.19 bits per heavy atom. The van der Waals surface area contributed by atoms with Crippen molar-refractivity contribution in [3.8, 4) is 22.2 Å². The maximum atomic E-state index is 12.7. The molecule has 2 aromatic carbocycles. The standard InChI is InChI=1S/C24H23N3O3S/c1-2-11-27-19-8-4-3-7-16(19)12-20(27)24-26-18(15-31-24)23(28)25-13-17-14-29-21-9-5-6-10-22(21)30-17/h3-10,12,15,17H,2,11,13-14H2,1H3,(H,25,28). The molecule has 4 aromatic rings. The van der Waals surface area contributed by atoms with E-state index in [0.717, 1.165) is 29.4 Å². The van der Waals surface area contributed by atoms with Crippen LogP contribution in [0.25, 0.3) is 21.6 Å². The van der Waals surface area contributed by atoms with Gasteiger partial charge in [0.2, 0.25) is 0 Å². The van der Waals surface area contributed by atoms with Gasteiger partial charge >= 0.3 is 0 Å². The predicted octanol–water partition coefficient (Wildman–Crippen LogP) is 4.74. The van der Waals surface area contributed by atoms with E-state index in [1.165, 1.54) is 22.2 Å². The van der Waals surface area contributed by atoms with Crippen LogP contribution in [0.4, 0.5) is 0 Å². The molecule has 1 aliphatic rings. The summed E-state index contributed by atoms with van der Waals surface area (Å²) in [7, 11) is 0. The average Bonchev–Trinajstić information content (AvgIpc) is 3.43. The Bertz CT molecular complexity index is 1230. The second kappa shape index (κ2) is 8.43. The van der Waals surface area contributed by atoms with Crippen LogP contribution in [0.2, 0.25) is 0 Å². The van der Waals surface area contributed by atoms with Crippen molar-refractivity contribution < 1.29 is 14.3 Å². The van der Waals surface area contributed by atoms with Crippen LogP contribution < -0.4 is 14.8 Å². The second-order valence-corrected chi connectivity index (χ2v) is 8.34. The fraction of sp³-hybridized carbons (Fsp3) is 0.250. The maximum Gasteiger partial charge on any atom is 0.270 e. The summed E-state index contributed by atoms with van der Waals surface area (Å²) in [5, 5.41) is 6.77. The Morgan fingerprint density at radius 3 is 2.87 bits per heavy atom. The number of fused-ring (bicyclic) bond motifs is 2. The minimum atomic E-state index is -0.232. The normalized spacial score (nSPS) is 15.2. The summed E-state index contributed by atoms with van der Waals surface area (Å²) < 4.78 is 13.9. The zero-order valence-corrected chi connectivity index (χ0v) is 18.0. The molecule has 0 radical (unpaired) electrons. The van der Waals surface area contributed by atoms with Gasteiger partial charge < -0.3 is 19.4 Å². The number of carbonyl (C=O) groups is 1. The fourth-order valence-corrected chi connectivity index (χ4v) is 4.63. The molecule has 158 valence electrons. The number of rotatable bonds is 6. The Kier molecular flexibility index (Phi) is 5.34. The smallest absolute Gasteiger partial charge is 0.270 e. The van der Waals surface area contributed by atoms with Gasteiger partial charge in [0.25, 0.3) is 5.91 Å². The van der Waals surface area contributed by atoms with Crippen LogP contribution in [0.1, 0.15) is 23.8 Å². The van der Waals surface area contributed by atoms with Crippen molar-refractivity contribution >= 4 is 28.1 Å². The number of ether oxygens (including phenoxy) is 2. The number of para-hydroxylation sites is 3. The zero-order chi connectivity index (χ0) is 21.2. The Morgan fingerprint density at radius 2 is 2.00 bits per heavy atom. The van der Waals surface area contributed by atoms with Crippen LogP contribution in [0.3, 0.4) is 0 Å². The van der Waals surface area contributed by atoms with Gasteiger partial charge in [-0.05, 0) is 30.7 Å². The largest absolute Gasteiger partial charge is 0.486 e. The molecule has 1 N–H and O–H groups in total. The molecule has 0 bridgehead atoms. The molecule has 1 atom stereocenters. The third kappa shape index (κ3) is 3.88. The van der Waals surface area contributed by atoms with Gasteiger partial charge in [-0.2, -0.15) is 0 Å². The van der Waals surface area contributed by atoms with Crippen LogP contribution >= 0.6 is 11.3 Å². The van der Waals surface area contributed by atoms with Gasteiger partial charge in [0.1, 0.15) is 23.4 Å². The first-order valence-corrected chi connectivity index (χ1v) is 11.3. The van der Waals surface area contributed by atoms with E-state index in [0.29, 0.717) is 24.6 Å². The molecule has 0 aliphatic carbocycles. The SMILES string of the molecule is CCCn1c(-c2nc(C(=O)NCC3COc4ccccc4O3)cs2)cc2ccccc21. The number of thiazole rings is 1. The molecule has 31 heavy (non-hydrogen) atoms. The highest BCUT2D eigenvalue weighted by molar-refractivity contribution is 7.13. The van der Waals surface area contributed by atoms with Gasteiger partial charge in [-0.15, -0.1) is 11.3 Å². The highest BCUT2D eigenvalue weighted by Crippen LogP contribution is 2.32. The number of nitrogens with one attached hydrogen (secondary N) is 1. The number of carbonyl (C=O) groups excluding carboxylic acids is 1. The lowest BCUT2D eigenvalue weighted by atomic mass is 10.2. The predicted molar refractivity (Wildman–Crippen MR) is 122 cm³/mol. The first kappa shape index (κ1) is 19.6. The first-order valence-electron chi connectivity index (χ1n) is 10.4. The van der Waals surface area contributed by atoms with E-state index in [-0.39, 0.29) is 12.0 Å². The first-order chi connectivity index (χ1) is 15.2. The van der Waals surface area contributed by atoms with E-state index in [1.807, 2.05) is 35.7 Å². The van der Waals surface area contributed by atoms with Crippen molar-refractivity contribution in [1.82, 2.24) is 14.9 Å². The molecule has 6 nitrogen and oxygen atoms in total. The molecule has 0 spiro atoms. The quantitative estimate of drug-likeness (QED) is 0.477. The lowest BCUT2D eigenvalue weighted by Crippen LogP contribution is -2.40. The van der Waals surface area contributed by atoms with Crippen molar-refractivity contribution in [3.63, 3.8) is 0 Å². The number of amides is 1. The molecular formula is C24H23N3O3S. The van der Waals surface area contributed by atoms with E-state index in [2.05, 4.69) is 46.1 Å². The highest BCUT2D eigenvalue weighted by Gasteiger charge is 2.22. The minimum Gasteiger partial charge on any atom is -0.486 e. The number of hydrogen-bond acceptors (Lipinski definition) is 5. The molecule has 2 aromatic heterocycles. The summed E-state index contributed by atoms with van der Waals surface area (Å²) >= 11 is 1.49. The number of benzene rings is 2. The summed E-state index contributed by atoms with van der Waals surface area (Å²) in [6.07, 6.45) is 0.792. The number of hydrogen-bond donors (Lipinski definition) is 1. The molecule has 0 saturated carbocycles. The third-order valence-corrected chi connectivity index (χ3v) is 6.14. The molecule has 1 amide bonds. The van der Waals surface area contributed by atoms with E-state index in [1.54, 1.807) is 0 Å².